The number of aromatic nitrogens is 1. The number of hydrogen-bond acceptors (Lipinski definition) is 3. The number of rotatable bonds is 2. The molecule has 116 valence electrons. The molecule has 1 amide bonds. The first kappa shape index (κ1) is 14.8. The van der Waals surface area contributed by atoms with E-state index >= 15 is 0 Å². The second kappa shape index (κ2) is 5.93. The minimum atomic E-state index is -0.0107. The van der Waals surface area contributed by atoms with Crippen LogP contribution in [0.3, 0.4) is 0 Å². The molecule has 1 aromatic heterocycles. The molecule has 2 unspecified atom stereocenters. The molecule has 1 N–H and O–H groups in total. The summed E-state index contributed by atoms with van der Waals surface area (Å²) in [6.45, 7) is 5.97. The summed E-state index contributed by atoms with van der Waals surface area (Å²) >= 11 is 0. The van der Waals surface area contributed by atoms with E-state index in [-0.39, 0.29) is 23.9 Å². The molecule has 2 aromatic rings. The number of carbonyl (C=O) groups excluding carboxylic acids is 1. The van der Waals surface area contributed by atoms with Crippen LogP contribution in [-0.2, 0) is 11.3 Å². The standard InChI is InChI=1S/C17H21N3O2/c1-12-13(2)20(10-8-18-12)17(22)11-19-9-7-16(21)14-5-3-4-6-15(14)19/h3-7,9,12-13,18H,8,10-11H2,1-2H3. The van der Waals surface area contributed by atoms with Crippen LogP contribution in [0.25, 0.3) is 10.9 Å². The SMILES string of the molecule is CC1NCCN(C(=O)Cn2ccc(=O)c3ccccc32)C1C. The molecule has 1 aromatic carbocycles. The number of fused-ring (bicyclic) bond motifs is 1. The average Bonchev–Trinajstić information content (AvgIpc) is 2.53. The Labute approximate surface area is 129 Å². The van der Waals surface area contributed by atoms with E-state index in [1.807, 2.05) is 27.7 Å². The lowest BCUT2D eigenvalue weighted by atomic mass is 10.1. The number of hydrogen-bond donors (Lipinski definition) is 1. The number of benzene rings is 1. The maximum Gasteiger partial charge on any atom is 0.242 e. The predicted molar refractivity (Wildman–Crippen MR) is 86.8 cm³/mol. The molecule has 0 saturated carbocycles. The molecule has 3 rings (SSSR count). The van der Waals surface area contributed by atoms with Gasteiger partial charge < -0.3 is 14.8 Å². The van der Waals surface area contributed by atoms with Gasteiger partial charge in [0.1, 0.15) is 6.54 Å². The predicted octanol–water partition coefficient (Wildman–Crippen LogP) is 1.21. The number of piperazine rings is 1. The lowest BCUT2D eigenvalue weighted by molar-refractivity contribution is -0.135. The molecule has 0 aliphatic carbocycles. The van der Waals surface area contributed by atoms with E-state index in [2.05, 4.69) is 19.2 Å². The molecule has 0 spiro atoms. The molecule has 1 fully saturated rings. The molecule has 1 aliphatic rings. The highest BCUT2D eigenvalue weighted by molar-refractivity contribution is 5.82. The van der Waals surface area contributed by atoms with Gasteiger partial charge in [-0.05, 0) is 26.0 Å². The summed E-state index contributed by atoms with van der Waals surface area (Å²) in [5, 5.41) is 4.03. The highest BCUT2D eigenvalue weighted by Gasteiger charge is 2.27. The fourth-order valence-electron chi connectivity index (χ4n) is 3.04. The Morgan fingerprint density at radius 2 is 2.05 bits per heavy atom. The molecular weight excluding hydrogens is 278 g/mol. The van der Waals surface area contributed by atoms with E-state index in [0.29, 0.717) is 11.4 Å². The van der Waals surface area contributed by atoms with Gasteiger partial charge in [-0.25, -0.2) is 0 Å². The van der Waals surface area contributed by atoms with E-state index in [4.69, 9.17) is 0 Å². The number of nitrogens with one attached hydrogen (secondary N) is 1. The summed E-state index contributed by atoms with van der Waals surface area (Å²) in [5.74, 6) is 0.0923. The van der Waals surface area contributed by atoms with Crippen molar-refractivity contribution in [3.05, 3.63) is 46.8 Å². The van der Waals surface area contributed by atoms with Gasteiger partial charge in [0.25, 0.3) is 0 Å². The van der Waals surface area contributed by atoms with Crippen LogP contribution in [0.4, 0.5) is 0 Å². The average molecular weight is 299 g/mol. The van der Waals surface area contributed by atoms with Crippen molar-refractivity contribution >= 4 is 16.8 Å². The Kier molecular flexibility index (Phi) is 3.98. The van der Waals surface area contributed by atoms with Crippen molar-refractivity contribution in [2.24, 2.45) is 0 Å². The first-order valence-corrected chi connectivity index (χ1v) is 7.69. The molecule has 5 nitrogen and oxygen atoms in total. The second-order valence-electron chi connectivity index (χ2n) is 5.90. The number of carbonyl (C=O) groups is 1. The number of para-hydroxylation sites is 1. The van der Waals surface area contributed by atoms with Crippen LogP contribution in [0.5, 0.6) is 0 Å². The molecule has 1 aliphatic heterocycles. The van der Waals surface area contributed by atoms with E-state index in [9.17, 15) is 9.59 Å². The van der Waals surface area contributed by atoms with Crippen LogP contribution >= 0.6 is 0 Å². The molecule has 5 heteroatoms. The summed E-state index contributed by atoms with van der Waals surface area (Å²) in [5.41, 5.74) is 0.794. The normalized spacial score (nSPS) is 22.0. The first-order chi connectivity index (χ1) is 10.6. The van der Waals surface area contributed by atoms with Crippen molar-refractivity contribution in [3.63, 3.8) is 0 Å². The zero-order valence-corrected chi connectivity index (χ0v) is 13.0. The minimum absolute atomic E-state index is 0.0107. The molecule has 0 radical (unpaired) electrons. The summed E-state index contributed by atoms with van der Waals surface area (Å²) in [6, 6.07) is 9.41. The molecule has 0 bridgehead atoms. The quantitative estimate of drug-likeness (QED) is 0.907. The summed E-state index contributed by atoms with van der Waals surface area (Å²) in [7, 11) is 0. The van der Waals surface area contributed by atoms with Crippen LogP contribution in [-0.4, -0.2) is 40.5 Å². The van der Waals surface area contributed by atoms with Crippen LogP contribution in [0, 0.1) is 0 Å². The Morgan fingerprint density at radius 3 is 2.86 bits per heavy atom. The fraction of sp³-hybridized carbons (Fsp3) is 0.412. The van der Waals surface area contributed by atoms with E-state index in [0.717, 1.165) is 18.6 Å². The van der Waals surface area contributed by atoms with Crippen molar-refractivity contribution < 1.29 is 4.79 Å². The summed E-state index contributed by atoms with van der Waals surface area (Å²) in [4.78, 5) is 26.5. The van der Waals surface area contributed by atoms with Gasteiger partial charge in [0, 0.05) is 42.8 Å². The zero-order valence-electron chi connectivity index (χ0n) is 13.0. The third kappa shape index (κ3) is 2.64. The molecular formula is C17H21N3O2. The van der Waals surface area contributed by atoms with Crippen molar-refractivity contribution in [2.45, 2.75) is 32.5 Å². The third-order valence-electron chi connectivity index (χ3n) is 4.54. The molecule has 22 heavy (non-hydrogen) atoms. The van der Waals surface area contributed by atoms with Crippen LogP contribution in [0.1, 0.15) is 13.8 Å². The first-order valence-electron chi connectivity index (χ1n) is 7.69. The van der Waals surface area contributed by atoms with E-state index in [1.54, 1.807) is 12.3 Å². The number of nitrogens with zero attached hydrogens (tertiary/aromatic N) is 2. The molecule has 2 heterocycles. The largest absolute Gasteiger partial charge is 0.338 e. The van der Waals surface area contributed by atoms with Gasteiger partial charge in [-0.15, -0.1) is 0 Å². The minimum Gasteiger partial charge on any atom is -0.338 e. The van der Waals surface area contributed by atoms with E-state index in [1.165, 1.54) is 6.07 Å². The smallest absolute Gasteiger partial charge is 0.242 e. The van der Waals surface area contributed by atoms with Gasteiger partial charge in [-0.3, -0.25) is 9.59 Å². The Morgan fingerprint density at radius 1 is 1.27 bits per heavy atom. The number of pyridine rings is 1. The van der Waals surface area contributed by atoms with Gasteiger partial charge in [-0.2, -0.15) is 0 Å². The Bertz CT molecular complexity index is 753. The van der Waals surface area contributed by atoms with Crippen LogP contribution in [0.2, 0.25) is 0 Å². The monoisotopic (exact) mass is 299 g/mol. The van der Waals surface area contributed by atoms with E-state index < -0.39 is 0 Å². The van der Waals surface area contributed by atoms with Crippen LogP contribution < -0.4 is 10.7 Å². The molecule has 1 saturated heterocycles. The van der Waals surface area contributed by atoms with Crippen molar-refractivity contribution in [1.29, 1.82) is 0 Å². The highest BCUT2D eigenvalue weighted by atomic mass is 16.2. The van der Waals surface area contributed by atoms with Crippen molar-refractivity contribution in [3.8, 4) is 0 Å². The van der Waals surface area contributed by atoms with Gasteiger partial charge in [-0.1, -0.05) is 12.1 Å². The maximum absolute atomic E-state index is 12.7. The lowest BCUT2D eigenvalue weighted by Crippen LogP contribution is -2.57. The second-order valence-corrected chi connectivity index (χ2v) is 5.90. The Balaban J connectivity index is 1.89. The summed E-state index contributed by atoms with van der Waals surface area (Å²) in [6.07, 6.45) is 1.71. The van der Waals surface area contributed by atoms with Gasteiger partial charge in [0.15, 0.2) is 5.43 Å². The van der Waals surface area contributed by atoms with Gasteiger partial charge >= 0.3 is 0 Å². The third-order valence-corrected chi connectivity index (χ3v) is 4.54. The molecule has 2 atom stereocenters. The van der Waals surface area contributed by atoms with Gasteiger partial charge in [0.2, 0.25) is 5.91 Å². The highest BCUT2D eigenvalue weighted by Crippen LogP contribution is 2.13. The lowest BCUT2D eigenvalue weighted by Gasteiger charge is -2.38. The van der Waals surface area contributed by atoms with Crippen molar-refractivity contribution in [2.75, 3.05) is 13.1 Å². The summed E-state index contributed by atoms with van der Waals surface area (Å²) < 4.78 is 1.86. The van der Waals surface area contributed by atoms with Crippen molar-refractivity contribution in [1.82, 2.24) is 14.8 Å². The topological polar surface area (TPSA) is 54.3 Å². The van der Waals surface area contributed by atoms with Gasteiger partial charge in [0.05, 0.1) is 5.52 Å². The number of amides is 1. The fourth-order valence-corrected chi connectivity index (χ4v) is 3.04. The zero-order chi connectivity index (χ0) is 15.7. The Hall–Kier alpha value is -2.14. The van der Waals surface area contributed by atoms with Crippen LogP contribution in [0.15, 0.2) is 41.3 Å². The maximum atomic E-state index is 12.7.